The standard InChI is InChI=1S/C6H4Cl2.O2S/c7-5-1-2-6(8)4-3-5;1-3-2/h1-4H;. The van der Waals surface area contributed by atoms with Crippen LogP contribution in [0.5, 0.6) is 0 Å². The first kappa shape index (κ1) is 10.6. The molecule has 0 aliphatic rings. The summed E-state index contributed by atoms with van der Waals surface area (Å²) in [6, 6.07) is 7.02. The second-order valence-corrected chi connectivity index (χ2v) is 2.51. The summed E-state index contributed by atoms with van der Waals surface area (Å²) in [5.74, 6) is 0. The maximum Gasteiger partial charge on any atom is 0.335 e. The molecule has 0 spiro atoms. The lowest BCUT2D eigenvalue weighted by Crippen LogP contribution is -1.60. The van der Waals surface area contributed by atoms with Crippen molar-refractivity contribution in [2.75, 3.05) is 0 Å². The Morgan fingerprint density at radius 1 is 0.909 bits per heavy atom. The molecule has 11 heavy (non-hydrogen) atoms. The Balaban J connectivity index is 0.000000292. The van der Waals surface area contributed by atoms with Crippen LogP contribution >= 0.6 is 23.2 Å². The Morgan fingerprint density at radius 2 is 1.09 bits per heavy atom. The molecule has 1 aromatic carbocycles. The van der Waals surface area contributed by atoms with Gasteiger partial charge in [-0.1, -0.05) is 23.2 Å². The molecule has 60 valence electrons. The van der Waals surface area contributed by atoms with Gasteiger partial charge in [0, 0.05) is 10.0 Å². The second-order valence-electron chi connectivity index (χ2n) is 1.50. The predicted octanol–water partition coefficient (Wildman–Crippen LogP) is 2.32. The fraction of sp³-hybridized carbons (Fsp3) is 0. The SMILES string of the molecule is Clc1ccc(Cl)cc1.O=S=O. The number of hydrogen-bond donors (Lipinski definition) is 0. The van der Waals surface area contributed by atoms with Gasteiger partial charge in [0.25, 0.3) is 0 Å². The Bertz CT molecular complexity index is 220. The third-order valence-corrected chi connectivity index (χ3v) is 1.31. The van der Waals surface area contributed by atoms with Crippen molar-refractivity contribution in [1.29, 1.82) is 0 Å². The van der Waals surface area contributed by atoms with Crippen LogP contribution in [0, 0.1) is 0 Å². The van der Waals surface area contributed by atoms with Gasteiger partial charge in [-0.25, -0.2) is 0 Å². The van der Waals surface area contributed by atoms with E-state index in [9.17, 15) is 0 Å². The molecule has 0 atom stereocenters. The van der Waals surface area contributed by atoms with E-state index < -0.39 is 11.6 Å². The van der Waals surface area contributed by atoms with E-state index in [1.807, 2.05) is 0 Å². The lowest BCUT2D eigenvalue weighted by atomic mass is 10.4. The molecule has 0 aliphatic heterocycles. The second kappa shape index (κ2) is 6.34. The van der Waals surface area contributed by atoms with E-state index in [0.29, 0.717) is 0 Å². The van der Waals surface area contributed by atoms with Crippen LogP contribution in [0.3, 0.4) is 0 Å². The minimum atomic E-state index is -0.750. The Hall–Kier alpha value is -0.380. The van der Waals surface area contributed by atoms with Gasteiger partial charge in [-0.2, -0.15) is 8.42 Å². The fourth-order valence-corrected chi connectivity index (χ4v) is 0.682. The highest BCUT2D eigenvalue weighted by atomic mass is 35.5. The molecule has 0 heterocycles. The maximum absolute atomic E-state index is 8.29. The van der Waals surface area contributed by atoms with Gasteiger partial charge in [-0.05, 0) is 24.3 Å². The highest BCUT2D eigenvalue weighted by Gasteiger charge is 1.83. The quantitative estimate of drug-likeness (QED) is 0.659. The smallest absolute Gasteiger partial charge is 0.168 e. The van der Waals surface area contributed by atoms with E-state index in [4.69, 9.17) is 31.6 Å². The van der Waals surface area contributed by atoms with Crippen LogP contribution in [0.2, 0.25) is 10.0 Å². The fourth-order valence-electron chi connectivity index (χ4n) is 0.430. The molecule has 0 saturated carbocycles. The molecule has 0 saturated heterocycles. The third kappa shape index (κ3) is 6.04. The van der Waals surface area contributed by atoms with E-state index in [-0.39, 0.29) is 0 Å². The average Bonchev–Trinajstić information content (AvgIpc) is 1.97. The van der Waals surface area contributed by atoms with Gasteiger partial charge in [-0.15, -0.1) is 0 Å². The summed E-state index contributed by atoms with van der Waals surface area (Å²) in [7, 11) is 0. The van der Waals surface area contributed by atoms with Gasteiger partial charge in [0.15, 0.2) is 0 Å². The Kier molecular flexibility index (Phi) is 6.12. The van der Waals surface area contributed by atoms with Crippen molar-refractivity contribution < 1.29 is 8.42 Å². The van der Waals surface area contributed by atoms with Crippen LogP contribution in [-0.4, -0.2) is 8.42 Å². The normalized spacial score (nSPS) is 7.82. The van der Waals surface area contributed by atoms with Crippen molar-refractivity contribution in [3.63, 3.8) is 0 Å². The number of halogens is 2. The van der Waals surface area contributed by atoms with Crippen LogP contribution in [0.25, 0.3) is 0 Å². The summed E-state index contributed by atoms with van der Waals surface area (Å²) in [5.41, 5.74) is 0. The van der Waals surface area contributed by atoms with Gasteiger partial charge in [-0.3, -0.25) is 0 Å². The molecule has 0 bridgehead atoms. The molecular weight excluding hydrogens is 207 g/mol. The van der Waals surface area contributed by atoms with Crippen LogP contribution in [0.1, 0.15) is 0 Å². The Morgan fingerprint density at radius 3 is 1.27 bits per heavy atom. The molecule has 1 rings (SSSR count). The molecule has 0 radical (unpaired) electrons. The van der Waals surface area contributed by atoms with E-state index in [0.717, 1.165) is 10.0 Å². The summed E-state index contributed by atoms with van der Waals surface area (Å²) in [6.45, 7) is 0. The van der Waals surface area contributed by atoms with Gasteiger partial charge >= 0.3 is 11.6 Å². The molecular formula is C6H4Cl2O2S. The monoisotopic (exact) mass is 210 g/mol. The molecule has 0 N–H and O–H groups in total. The van der Waals surface area contributed by atoms with E-state index >= 15 is 0 Å². The van der Waals surface area contributed by atoms with E-state index in [1.165, 1.54) is 0 Å². The number of hydrogen-bond acceptors (Lipinski definition) is 2. The van der Waals surface area contributed by atoms with Crippen LogP contribution in [0.4, 0.5) is 0 Å². The van der Waals surface area contributed by atoms with Crippen LogP contribution in [0.15, 0.2) is 24.3 Å². The van der Waals surface area contributed by atoms with Gasteiger partial charge in [0.1, 0.15) is 0 Å². The highest BCUT2D eigenvalue weighted by molar-refractivity contribution is 7.51. The molecule has 0 fully saturated rings. The first-order valence-corrected chi connectivity index (χ1v) is 3.96. The van der Waals surface area contributed by atoms with Crippen molar-refractivity contribution in [2.24, 2.45) is 0 Å². The lowest BCUT2D eigenvalue weighted by Gasteiger charge is -1.86. The highest BCUT2D eigenvalue weighted by Crippen LogP contribution is 2.12. The minimum absolute atomic E-state index is 0.717. The first-order chi connectivity index (χ1) is 5.20. The summed E-state index contributed by atoms with van der Waals surface area (Å²) < 4.78 is 16.6. The van der Waals surface area contributed by atoms with E-state index in [1.54, 1.807) is 24.3 Å². The molecule has 2 nitrogen and oxygen atoms in total. The van der Waals surface area contributed by atoms with Crippen LogP contribution in [-0.2, 0) is 11.6 Å². The van der Waals surface area contributed by atoms with E-state index in [2.05, 4.69) is 0 Å². The number of benzene rings is 1. The van der Waals surface area contributed by atoms with Gasteiger partial charge in [0.05, 0.1) is 0 Å². The average molecular weight is 211 g/mol. The zero-order chi connectivity index (χ0) is 8.69. The van der Waals surface area contributed by atoms with Crippen molar-refractivity contribution in [2.45, 2.75) is 0 Å². The van der Waals surface area contributed by atoms with Crippen molar-refractivity contribution in [3.8, 4) is 0 Å². The zero-order valence-corrected chi connectivity index (χ0v) is 7.62. The summed E-state index contributed by atoms with van der Waals surface area (Å²) in [6.07, 6.45) is 0. The topological polar surface area (TPSA) is 34.1 Å². The predicted molar refractivity (Wildman–Crippen MR) is 45.4 cm³/mol. The maximum atomic E-state index is 8.29. The minimum Gasteiger partial charge on any atom is -0.168 e. The molecule has 0 aliphatic carbocycles. The van der Waals surface area contributed by atoms with Gasteiger partial charge < -0.3 is 0 Å². The lowest BCUT2D eigenvalue weighted by molar-refractivity contribution is 0.630. The zero-order valence-electron chi connectivity index (χ0n) is 5.29. The summed E-state index contributed by atoms with van der Waals surface area (Å²) in [4.78, 5) is 0. The largest absolute Gasteiger partial charge is 0.335 e. The summed E-state index contributed by atoms with van der Waals surface area (Å²) >= 11 is 10.4. The summed E-state index contributed by atoms with van der Waals surface area (Å²) in [5, 5.41) is 1.43. The van der Waals surface area contributed by atoms with Gasteiger partial charge in [0.2, 0.25) is 0 Å². The van der Waals surface area contributed by atoms with Crippen LogP contribution < -0.4 is 0 Å². The van der Waals surface area contributed by atoms with Crippen molar-refractivity contribution >= 4 is 34.8 Å². The molecule has 1 aromatic rings. The van der Waals surface area contributed by atoms with Crippen molar-refractivity contribution in [3.05, 3.63) is 34.3 Å². The molecule has 5 heteroatoms. The first-order valence-electron chi connectivity index (χ1n) is 2.53. The molecule has 0 aromatic heterocycles. The Labute approximate surface area is 77.7 Å². The third-order valence-electron chi connectivity index (χ3n) is 0.804. The molecule has 0 amide bonds. The van der Waals surface area contributed by atoms with Crippen molar-refractivity contribution in [1.82, 2.24) is 0 Å². The molecule has 0 unspecified atom stereocenters. The number of rotatable bonds is 0.